The summed E-state index contributed by atoms with van der Waals surface area (Å²) in [7, 11) is 1.53. The van der Waals surface area contributed by atoms with E-state index in [9.17, 15) is 4.79 Å². The molecule has 0 saturated heterocycles. The van der Waals surface area contributed by atoms with Gasteiger partial charge in [-0.1, -0.05) is 56.5 Å². The highest BCUT2D eigenvalue weighted by Crippen LogP contribution is 2.27. The zero-order valence-electron chi connectivity index (χ0n) is 16.0. The van der Waals surface area contributed by atoms with Crippen LogP contribution in [0.5, 0.6) is 0 Å². The van der Waals surface area contributed by atoms with E-state index in [-0.39, 0.29) is 6.79 Å². The van der Waals surface area contributed by atoms with Gasteiger partial charge in [-0.2, -0.15) is 0 Å². The quantitative estimate of drug-likeness (QED) is 0.304. The summed E-state index contributed by atoms with van der Waals surface area (Å²) in [5.74, 6) is -0.415. The topological polar surface area (TPSA) is 54.0 Å². The van der Waals surface area contributed by atoms with Gasteiger partial charge in [-0.05, 0) is 25.8 Å². The number of unbranched alkanes of at least 4 members (excludes halogenated alkanes) is 2. The van der Waals surface area contributed by atoms with E-state index in [1.807, 2.05) is 30.3 Å². The second kappa shape index (κ2) is 12.0. The smallest absolute Gasteiger partial charge is 0.340 e. The van der Waals surface area contributed by atoms with E-state index < -0.39 is 17.7 Å². The molecule has 0 aliphatic heterocycles. The predicted molar refractivity (Wildman–Crippen MR) is 97.2 cm³/mol. The highest BCUT2D eigenvalue weighted by Gasteiger charge is 2.44. The van der Waals surface area contributed by atoms with Gasteiger partial charge in [0.15, 0.2) is 5.60 Å². The van der Waals surface area contributed by atoms with Crippen LogP contribution in [0, 0.1) is 0 Å². The first-order valence-electron chi connectivity index (χ1n) is 9.04. The van der Waals surface area contributed by atoms with Crippen LogP contribution in [0.1, 0.15) is 52.0 Å². The van der Waals surface area contributed by atoms with Gasteiger partial charge in [-0.3, -0.25) is 0 Å². The summed E-state index contributed by atoms with van der Waals surface area (Å²) in [6.07, 6.45) is 3.45. The molecule has 142 valence electrons. The average molecular weight is 352 g/mol. The lowest BCUT2D eigenvalue weighted by Gasteiger charge is -2.35. The molecule has 0 saturated carbocycles. The minimum atomic E-state index is -1.20. The van der Waals surface area contributed by atoms with E-state index in [0.29, 0.717) is 13.2 Å². The van der Waals surface area contributed by atoms with Crippen LogP contribution in [0.3, 0.4) is 0 Å². The van der Waals surface area contributed by atoms with Gasteiger partial charge in [0.2, 0.25) is 0 Å². The summed E-state index contributed by atoms with van der Waals surface area (Å²) in [5, 5.41) is 0. The van der Waals surface area contributed by atoms with Gasteiger partial charge < -0.3 is 18.9 Å². The van der Waals surface area contributed by atoms with Gasteiger partial charge in [0.05, 0.1) is 19.3 Å². The lowest BCUT2D eigenvalue weighted by molar-refractivity contribution is -0.212. The summed E-state index contributed by atoms with van der Waals surface area (Å²) in [5.41, 5.74) is -0.143. The first-order chi connectivity index (χ1) is 12.1. The van der Waals surface area contributed by atoms with Gasteiger partial charge in [0.25, 0.3) is 0 Å². The number of rotatable bonds is 13. The minimum absolute atomic E-state index is 0.00822. The number of esters is 1. The van der Waals surface area contributed by atoms with Crippen molar-refractivity contribution in [3.63, 3.8) is 0 Å². The Kier molecular flexibility index (Phi) is 10.4. The molecule has 0 aromatic heterocycles. The van der Waals surface area contributed by atoms with Crippen LogP contribution in [-0.4, -0.2) is 38.2 Å². The molecule has 0 aliphatic carbocycles. The van der Waals surface area contributed by atoms with E-state index in [4.69, 9.17) is 18.9 Å². The van der Waals surface area contributed by atoms with Crippen molar-refractivity contribution in [2.45, 2.75) is 64.8 Å². The van der Waals surface area contributed by atoms with Crippen LogP contribution >= 0.6 is 0 Å². The maximum absolute atomic E-state index is 12.6. The Balaban J connectivity index is 2.90. The molecule has 5 heteroatoms. The summed E-state index contributed by atoms with van der Waals surface area (Å²) >= 11 is 0. The molecule has 0 heterocycles. The van der Waals surface area contributed by atoms with E-state index in [1.165, 1.54) is 7.11 Å². The predicted octanol–water partition coefficient (Wildman–Crippen LogP) is 4.09. The molecule has 0 N–H and O–H groups in total. The van der Waals surface area contributed by atoms with Crippen LogP contribution in [0.25, 0.3) is 0 Å². The van der Waals surface area contributed by atoms with Crippen molar-refractivity contribution in [1.82, 2.24) is 0 Å². The SMILES string of the molecule is CCCCC[C@H](OCc1ccccc1)[C@](C)(OCOC)C(=O)OCC. The van der Waals surface area contributed by atoms with Crippen molar-refractivity contribution < 1.29 is 23.7 Å². The van der Waals surface area contributed by atoms with Gasteiger partial charge in [0.1, 0.15) is 6.79 Å². The molecule has 0 fully saturated rings. The summed E-state index contributed by atoms with van der Waals surface area (Å²) in [6.45, 7) is 6.38. The average Bonchev–Trinajstić information content (AvgIpc) is 2.63. The Labute approximate surface area is 151 Å². The van der Waals surface area contributed by atoms with Crippen LogP contribution in [0.15, 0.2) is 30.3 Å². The summed E-state index contributed by atoms with van der Waals surface area (Å²) in [4.78, 5) is 12.6. The Morgan fingerprint density at radius 1 is 1.16 bits per heavy atom. The number of carbonyl (C=O) groups excluding carboxylic acids is 1. The van der Waals surface area contributed by atoms with Crippen molar-refractivity contribution >= 4 is 5.97 Å². The molecular formula is C20H32O5. The molecule has 0 bridgehead atoms. The molecule has 1 rings (SSSR count). The molecule has 0 aliphatic rings. The zero-order chi connectivity index (χ0) is 18.5. The fraction of sp³-hybridized carbons (Fsp3) is 0.650. The normalized spacial score (nSPS) is 14.7. The number of benzene rings is 1. The van der Waals surface area contributed by atoms with Crippen molar-refractivity contribution in [2.75, 3.05) is 20.5 Å². The number of methoxy groups -OCH3 is 1. The fourth-order valence-corrected chi connectivity index (χ4v) is 2.61. The third-order valence-corrected chi connectivity index (χ3v) is 4.14. The molecule has 0 spiro atoms. The lowest BCUT2D eigenvalue weighted by Crippen LogP contribution is -2.51. The van der Waals surface area contributed by atoms with Gasteiger partial charge >= 0.3 is 5.97 Å². The van der Waals surface area contributed by atoms with Crippen LogP contribution in [-0.2, 0) is 30.3 Å². The standard InChI is InChI=1S/C20H32O5/c1-5-7-9-14-18(24-15-17-12-10-8-11-13-17)20(3,25-16-22-4)19(21)23-6-2/h8,10-13,18H,5-7,9,14-16H2,1-4H3/t18-,20-/m0/s1. The van der Waals surface area contributed by atoms with Crippen molar-refractivity contribution in [3.8, 4) is 0 Å². The van der Waals surface area contributed by atoms with Gasteiger partial charge in [-0.25, -0.2) is 4.79 Å². The number of hydrogen-bond donors (Lipinski definition) is 0. The van der Waals surface area contributed by atoms with Crippen molar-refractivity contribution in [1.29, 1.82) is 0 Å². The van der Waals surface area contributed by atoms with E-state index in [2.05, 4.69) is 6.92 Å². The molecule has 0 amide bonds. The monoisotopic (exact) mass is 352 g/mol. The minimum Gasteiger partial charge on any atom is -0.464 e. The second-order valence-electron chi connectivity index (χ2n) is 6.16. The van der Waals surface area contributed by atoms with Crippen LogP contribution in [0.4, 0.5) is 0 Å². The molecule has 0 radical (unpaired) electrons. The Hall–Kier alpha value is -1.43. The lowest BCUT2D eigenvalue weighted by atomic mass is 9.93. The van der Waals surface area contributed by atoms with E-state index in [0.717, 1.165) is 31.2 Å². The van der Waals surface area contributed by atoms with Crippen LogP contribution < -0.4 is 0 Å². The Bertz CT molecular complexity index is 476. The van der Waals surface area contributed by atoms with Gasteiger partial charge in [0, 0.05) is 7.11 Å². The Morgan fingerprint density at radius 3 is 2.48 bits per heavy atom. The zero-order valence-corrected chi connectivity index (χ0v) is 16.0. The second-order valence-corrected chi connectivity index (χ2v) is 6.16. The highest BCUT2D eigenvalue weighted by atomic mass is 16.7. The number of ether oxygens (including phenoxy) is 4. The van der Waals surface area contributed by atoms with Gasteiger partial charge in [-0.15, -0.1) is 0 Å². The van der Waals surface area contributed by atoms with Crippen molar-refractivity contribution in [3.05, 3.63) is 35.9 Å². The fourth-order valence-electron chi connectivity index (χ4n) is 2.61. The van der Waals surface area contributed by atoms with Crippen LogP contribution in [0.2, 0.25) is 0 Å². The van der Waals surface area contributed by atoms with E-state index in [1.54, 1.807) is 13.8 Å². The molecule has 2 atom stereocenters. The molecule has 1 aromatic carbocycles. The molecule has 25 heavy (non-hydrogen) atoms. The first-order valence-corrected chi connectivity index (χ1v) is 9.04. The summed E-state index contributed by atoms with van der Waals surface area (Å²) < 4.78 is 22.1. The van der Waals surface area contributed by atoms with E-state index >= 15 is 0 Å². The third kappa shape index (κ3) is 7.14. The highest BCUT2D eigenvalue weighted by molar-refractivity contribution is 5.80. The number of hydrogen-bond acceptors (Lipinski definition) is 5. The molecule has 5 nitrogen and oxygen atoms in total. The molecule has 0 unspecified atom stereocenters. The molecular weight excluding hydrogens is 320 g/mol. The Morgan fingerprint density at radius 2 is 1.88 bits per heavy atom. The maximum atomic E-state index is 12.6. The molecule has 1 aromatic rings. The third-order valence-electron chi connectivity index (χ3n) is 4.14. The van der Waals surface area contributed by atoms with Crippen molar-refractivity contribution in [2.24, 2.45) is 0 Å². The largest absolute Gasteiger partial charge is 0.464 e. The first kappa shape index (κ1) is 21.6. The summed E-state index contributed by atoms with van der Waals surface area (Å²) in [6, 6.07) is 9.90. The number of carbonyl (C=O) groups is 1. The maximum Gasteiger partial charge on any atom is 0.340 e.